The Hall–Kier alpha value is -1.39. The zero-order valence-electron chi connectivity index (χ0n) is 11.4. The number of unbranched alkanes of at least 4 members (excludes halogenated alkanes) is 1. The van der Waals surface area contributed by atoms with Crippen molar-refractivity contribution in [2.45, 2.75) is 32.3 Å². The molecule has 0 radical (unpaired) electrons. The van der Waals surface area contributed by atoms with Crippen LogP contribution in [0.4, 0.5) is 0 Å². The highest BCUT2D eigenvalue weighted by Gasteiger charge is 2.08. The molecule has 1 unspecified atom stereocenters. The maximum Gasteiger partial charge on any atom is 0.332 e. The molecule has 0 aliphatic heterocycles. The first-order valence-electron chi connectivity index (χ1n) is 6.67. The Morgan fingerprint density at radius 1 is 1.32 bits per heavy atom. The van der Waals surface area contributed by atoms with Gasteiger partial charge in [0.25, 0.3) is 0 Å². The summed E-state index contributed by atoms with van der Waals surface area (Å²) >= 11 is 0. The molecular weight excluding hydrogens is 244 g/mol. The molecular formula is C15H22O4. The van der Waals surface area contributed by atoms with Crippen LogP contribution in [-0.4, -0.2) is 37.0 Å². The van der Waals surface area contributed by atoms with Crippen LogP contribution in [0.1, 0.15) is 25.3 Å². The van der Waals surface area contributed by atoms with Crippen LogP contribution in [0.3, 0.4) is 0 Å². The van der Waals surface area contributed by atoms with Crippen LogP contribution in [0.25, 0.3) is 0 Å². The first-order valence-corrected chi connectivity index (χ1v) is 6.67. The average molecular weight is 266 g/mol. The summed E-state index contributed by atoms with van der Waals surface area (Å²) in [6.45, 7) is 2.50. The number of aliphatic hydroxyl groups is 1. The number of rotatable bonds is 9. The van der Waals surface area contributed by atoms with Crippen molar-refractivity contribution in [3.8, 4) is 0 Å². The smallest absolute Gasteiger partial charge is 0.332 e. The van der Waals surface area contributed by atoms with Crippen molar-refractivity contribution in [1.29, 1.82) is 0 Å². The van der Waals surface area contributed by atoms with Crippen molar-refractivity contribution >= 4 is 5.97 Å². The van der Waals surface area contributed by atoms with Gasteiger partial charge in [-0.15, -0.1) is 0 Å². The number of hydrogen-bond donors (Lipinski definition) is 1. The lowest BCUT2D eigenvalue weighted by Gasteiger charge is -2.11. The second-order valence-electron chi connectivity index (χ2n) is 4.43. The molecule has 0 saturated heterocycles. The van der Waals surface area contributed by atoms with Crippen LogP contribution in [0, 0.1) is 0 Å². The molecule has 1 aromatic rings. The predicted octanol–water partition coefficient (Wildman–Crippen LogP) is 1.95. The molecule has 0 heterocycles. The third kappa shape index (κ3) is 7.59. The first kappa shape index (κ1) is 15.7. The molecule has 19 heavy (non-hydrogen) atoms. The van der Waals surface area contributed by atoms with Gasteiger partial charge in [0.2, 0.25) is 0 Å². The van der Waals surface area contributed by atoms with Crippen molar-refractivity contribution in [2.24, 2.45) is 0 Å². The van der Waals surface area contributed by atoms with E-state index in [0.717, 1.165) is 18.4 Å². The zero-order chi connectivity index (χ0) is 13.9. The maximum atomic E-state index is 11.2. The third-order valence-corrected chi connectivity index (χ3v) is 2.61. The van der Waals surface area contributed by atoms with E-state index in [0.29, 0.717) is 13.0 Å². The summed E-state index contributed by atoms with van der Waals surface area (Å²) in [7, 11) is 0. The highest BCUT2D eigenvalue weighted by molar-refractivity contribution is 5.70. The molecule has 0 saturated carbocycles. The molecule has 0 aromatic heterocycles. The van der Waals surface area contributed by atoms with Gasteiger partial charge in [-0.1, -0.05) is 43.7 Å². The Morgan fingerprint density at radius 2 is 2.05 bits per heavy atom. The molecule has 106 valence electrons. The second-order valence-corrected chi connectivity index (χ2v) is 4.43. The molecule has 1 N–H and O–H groups in total. The topological polar surface area (TPSA) is 55.8 Å². The van der Waals surface area contributed by atoms with Crippen molar-refractivity contribution in [3.63, 3.8) is 0 Å². The number of ether oxygens (including phenoxy) is 2. The Morgan fingerprint density at radius 3 is 2.74 bits per heavy atom. The highest BCUT2D eigenvalue weighted by atomic mass is 16.6. The number of benzene rings is 1. The van der Waals surface area contributed by atoms with E-state index in [9.17, 15) is 9.90 Å². The fourth-order valence-electron chi connectivity index (χ4n) is 1.60. The summed E-state index contributed by atoms with van der Waals surface area (Å²) in [5.41, 5.74) is 1.05. The normalized spacial score (nSPS) is 12.1. The molecule has 1 rings (SSSR count). The largest absolute Gasteiger partial charge is 0.464 e. The lowest BCUT2D eigenvalue weighted by atomic mass is 10.1. The standard InChI is InChI=1S/C15H22O4/c1-2-3-9-19-15(17)12-18-11-14(16)10-13-7-5-4-6-8-13/h4-8,14,16H,2-3,9-12H2,1H3. The molecule has 1 atom stereocenters. The Kier molecular flexibility index (Phi) is 7.86. The monoisotopic (exact) mass is 266 g/mol. The van der Waals surface area contributed by atoms with Gasteiger partial charge in [0.1, 0.15) is 6.61 Å². The third-order valence-electron chi connectivity index (χ3n) is 2.61. The van der Waals surface area contributed by atoms with E-state index in [1.165, 1.54) is 0 Å². The fraction of sp³-hybridized carbons (Fsp3) is 0.533. The van der Waals surface area contributed by atoms with E-state index in [2.05, 4.69) is 0 Å². The van der Waals surface area contributed by atoms with Crippen LogP contribution in [0.15, 0.2) is 30.3 Å². The highest BCUT2D eigenvalue weighted by Crippen LogP contribution is 2.03. The molecule has 0 amide bonds. The quantitative estimate of drug-likeness (QED) is 0.548. The van der Waals surface area contributed by atoms with Crippen molar-refractivity contribution < 1.29 is 19.4 Å². The SMILES string of the molecule is CCCCOC(=O)COCC(O)Cc1ccccc1. The maximum absolute atomic E-state index is 11.2. The van der Waals surface area contributed by atoms with Crippen LogP contribution >= 0.6 is 0 Å². The predicted molar refractivity (Wildman–Crippen MR) is 72.8 cm³/mol. The minimum atomic E-state index is -0.606. The molecule has 0 aliphatic carbocycles. The lowest BCUT2D eigenvalue weighted by Crippen LogP contribution is -2.22. The van der Waals surface area contributed by atoms with Gasteiger partial charge in [0, 0.05) is 6.42 Å². The van der Waals surface area contributed by atoms with E-state index in [-0.39, 0.29) is 19.2 Å². The molecule has 4 heteroatoms. The summed E-state index contributed by atoms with van der Waals surface area (Å²) in [5, 5.41) is 9.75. The molecule has 0 fully saturated rings. The summed E-state index contributed by atoms with van der Waals surface area (Å²) in [6, 6.07) is 9.67. The van der Waals surface area contributed by atoms with E-state index in [1.807, 2.05) is 37.3 Å². The first-order chi connectivity index (χ1) is 9.22. The van der Waals surface area contributed by atoms with Gasteiger partial charge >= 0.3 is 5.97 Å². The van der Waals surface area contributed by atoms with E-state index >= 15 is 0 Å². The van der Waals surface area contributed by atoms with Crippen molar-refractivity contribution in [2.75, 3.05) is 19.8 Å². The number of aliphatic hydroxyl groups excluding tert-OH is 1. The van der Waals surface area contributed by atoms with Gasteiger partial charge in [0.05, 0.1) is 19.3 Å². The minimum Gasteiger partial charge on any atom is -0.464 e. The van der Waals surface area contributed by atoms with Crippen molar-refractivity contribution in [3.05, 3.63) is 35.9 Å². The average Bonchev–Trinajstić information content (AvgIpc) is 2.40. The minimum absolute atomic E-state index is 0.102. The van der Waals surface area contributed by atoms with Gasteiger partial charge in [0.15, 0.2) is 0 Å². The van der Waals surface area contributed by atoms with Gasteiger partial charge in [-0.25, -0.2) is 4.79 Å². The summed E-state index contributed by atoms with van der Waals surface area (Å²) in [4.78, 5) is 11.2. The van der Waals surface area contributed by atoms with Crippen LogP contribution in [0.5, 0.6) is 0 Å². The number of esters is 1. The van der Waals surface area contributed by atoms with E-state index in [4.69, 9.17) is 9.47 Å². The molecule has 4 nitrogen and oxygen atoms in total. The van der Waals surface area contributed by atoms with Crippen LogP contribution in [-0.2, 0) is 20.7 Å². The fourth-order valence-corrected chi connectivity index (χ4v) is 1.60. The van der Waals surface area contributed by atoms with Crippen molar-refractivity contribution in [1.82, 2.24) is 0 Å². The number of hydrogen-bond acceptors (Lipinski definition) is 4. The van der Waals surface area contributed by atoms with Gasteiger partial charge in [-0.3, -0.25) is 0 Å². The summed E-state index contributed by atoms with van der Waals surface area (Å²) in [5.74, 6) is -0.375. The molecule has 0 bridgehead atoms. The summed E-state index contributed by atoms with van der Waals surface area (Å²) in [6.07, 6.45) is 1.77. The second kappa shape index (κ2) is 9.53. The molecule has 0 spiro atoms. The van der Waals surface area contributed by atoms with Gasteiger partial charge in [-0.2, -0.15) is 0 Å². The zero-order valence-corrected chi connectivity index (χ0v) is 11.4. The van der Waals surface area contributed by atoms with E-state index < -0.39 is 6.10 Å². The molecule has 1 aromatic carbocycles. The number of carbonyl (C=O) groups excluding carboxylic acids is 1. The Balaban J connectivity index is 2.10. The van der Waals surface area contributed by atoms with E-state index in [1.54, 1.807) is 0 Å². The number of carbonyl (C=O) groups is 1. The van der Waals surface area contributed by atoms with Crippen LogP contribution < -0.4 is 0 Å². The Bertz CT molecular complexity index is 350. The Labute approximate surface area is 114 Å². The van der Waals surface area contributed by atoms with Crippen LogP contribution in [0.2, 0.25) is 0 Å². The molecule has 0 aliphatic rings. The lowest BCUT2D eigenvalue weighted by molar-refractivity contribution is -0.150. The van der Waals surface area contributed by atoms with Gasteiger partial charge < -0.3 is 14.6 Å². The summed E-state index contributed by atoms with van der Waals surface area (Å²) < 4.78 is 10.1. The van der Waals surface area contributed by atoms with Gasteiger partial charge in [-0.05, 0) is 12.0 Å².